The normalized spacial score (nSPS) is 25.9. The Bertz CT molecular complexity index is 1040. The maximum atomic E-state index is 13.4. The summed E-state index contributed by atoms with van der Waals surface area (Å²) in [4.78, 5) is 31.5. The monoisotopic (exact) mass is 474 g/mol. The number of halogens is 2. The maximum Gasteiger partial charge on any atom is 0.333 e. The van der Waals surface area contributed by atoms with Crippen LogP contribution >= 0.6 is 0 Å². The van der Waals surface area contributed by atoms with Crippen LogP contribution in [0.4, 0.5) is 8.78 Å². The Labute approximate surface area is 197 Å². The average Bonchev–Trinajstić information content (AvgIpc) is 3.33. The topological polar surface area (TPSA) is 73.7 Å². The van der Waals surface area contributed by atoms with Crippen LogP contribution in [0, 0.1) is 0 Å². The Morgan fingerprint density at radius 2 is 1.74 bits per heavy atom. The molecule has 34 heavy (non-hydrogen) atoms. The first kappa shape index (κ1) is 23.2. The number of amides is 2. The lowest BCUT2D eigenvalue weighted by Crippen LogP contribution is -2.54. The van der Waals surface area contributed by atoms with Gasteiger partial charge in [0.05, 0.1) is 5.52 Å². The number of hydrogen-bond acceptors (Lipinski definition) is 5. The predicted molar refractivity (Wildman–Crippen MR) is 124 cm³/mol. The predicted octanol–water partition coefficient (Wildman–Crippen LogP) is 2.32. The zero-order valence-electron chi connectivity index (χ0n) is 19.5. The summed E-state index contributed by atoms with van der Waals surface area (Å²) in [6.07, 6.45) is 3.98. The Hall–Kier alpha value is -2.59. The Balaban J connectivity index is 1.17. The second-order valence-corrected chi connectivity index (χ2v) is 9.70. The van der Waals surface area contributed by atoms with Crippen LogP contribution in [0.3, 0.4) is 0 Å². The minimum absolute atomic E-state index is 0.0239. The van der Waals surface area contributed by atoms with Crippen molar-refractivity contribution in [2.24, 2.45) is 0 Å². The van der Waals surface area contributed by atoms with E-state index in [0.717, 1.165) is 65.0 Å². The van der Waals surface area contributed by atoms with E-state index in [-0.39, 0.29) is 29.1 Å². The van der Waals surface area contributed by atoms with Gasteiger partial charge in [0.1, 0.15) is 0 Å². The molecule has 3 saturated heterocycles. The molecule has 3 fully saturated rings. The van der Waals surface area contributed by atoms with E-state index in [1.165, 1.54) is 0 Å². The molecule has 5 rings (SSSR count). The molecule has 2 aromatic rings. The molecule has 0 aliphatic carbocycles. The molecule has 0 saturated carbocycles. The molecule has 1 unspecified atom stereocenters. The van der Waals surface area contributed by atoms with Gasteiger partial charge in [-0.15, -0.1) is 0 Å². The molecule has 3 aliphatic heterocycles. The van der Waals surface area contributed by atoms with E-state index < -0.39 is 6.55 Å². The summed E-state index contributed by atoms with van der Waals surface area (Å²) in [6, 6.07) is 7.51. The number of alkyl halides is 2. The van der Waals surface area contributed by atoms with Gasteiger partial charge in [0, 0.05) is 69.7 Å². The molecular weight excluding hydrogens is 442 g/mol. The lowest BCUT2D eigenvalue weighted by Gasteiger charge is -2.41. The van der Waals surface area contributed by atoms with Gasteiger partial charge < -0.3 is 10.2 Å². The van der Waals surface area contributed by atoms with Crippen LogP contribution in [0.2, 0.25) is 0 Å². The van der Waals surface area contributed by atoms with E-state index >= 15 is 0 Å². The molecule has 3 atom stereocenters. The molecule has 10 heteroatoms. The van der Waals surface area contributed by atoms with Crippen molar-refractivity contribution in [1.29, 1.82) is 0 Å². The number of nitrogens with zero attached hydrogens (tertiary/aromatic N) is 5. The SMILES string of the molecule is CC(=O)N1CCN(CCN2[C@@H]3CC[C@H]2CC(NC(=O)c2nn(C(F)F)c4ccccc24)C3)CC1. The summed E-state index contributed by atoms with van der Waals surface area (Å²) < 4.78 is 27.4. The highest BCUT2D eigenvalue weighted by Gasteiger charge is 2.41. The van der Waals surface area contributed by atoms with Gasteiger partial charge in [0.25, 0.3) is 5.91 Å². The quantitative estimate of drug-likeness (QED) is 0.696. The summed E-state index contributed by atoms with van der Waals surface area (Å²) in [5, 5.41) is 7.47. The molecule has 184 valence electrons. The number of carbonyl (C=O) groups excluding carboxylic acids is 2. The van der Waals surface area contributed by atoms with Crippen molar-refractivity contribution < 1.29 is 18.4 Å². The third-order valence-electron chi connectivity index (χ3n) is 7.73. The van der Waals surface area contributed by atoms with Crippen molar-refractivity contribution >= 4 is 22.7 Å². The largest absolute Gasteiger partial charge is 0.348 e. The third-order valence-corrected chi connectivity index (χ3v) is 7.73. The van der Waals surface area contributed by atoms with E-state index in [0.29, 0.717) is 22.2 Å². The Morgan fingerprint density at radius 1 is 1.06 bits per heavy atom. The van der Waals surface area contributed by atoms with Crippen LogP contribution in [0.1, 0.15) is 49.6 Å². The fourth-order valence-corrected chi connectivity index (χ4v) is 5.96. The number of para-hydroxylation sites is 1. The van der Waals surface area contributed by atoms with E-state index in [1.807, 2.05) is 4.90 Å². The second kappa shape index (κ2) is 9.58. The summed E-state index contributed by atoms with van der Waals surface area (Å²) in [5.41, 5.74) is 0.331. The minimum atomic E-state index is -2.80. The van der Waals surface area contributed by atoms with Gasteiger partial charge in [-0.2, -0.15) is 13.9 Å². The van der Waals surface area contributed by atoms with E-state index in [9.17, 15) is 18.4 Å². The van der Waals surface area contributed by atoms with Crippen LogP contribution < -0.4 is 5.32 Å². The van der Waals surface area contributed by atoms with Crippen molar-refractivity contribution in [2.75, 3.05) is 39.3 Å². The maximum absolute atomic E-state index is 13.4. The number of aromatic nitrogens is 2. The lowest BCUT2D eigenvalue weighted by molar-refractivity contribution is -0.130. The van der Waals surface area contributed by atoms with Gasteiger partial charge in [-0.3, -0.25) is 19.4 Å². The Morgan fingerprint density at radius 3 is 2.38 bits per heavy atom. The molecule has 2 amide bonds. The van der Waals surface area contributed by atoms with Crippen molar-refractivity contribution in [3.05, 3.63) is 30.0 Å². The highest BCUT2D eigenvalue weighted by molar-refractivity contribution is 6.05. The van der Waals surface area contributed by atoms with Crippen molar-refractivity contribution in [2.45, 2.75) is 57.3 Å². The van der Waals surface area contributed by atoms with Crippen molar-refractivity contribution in [1.82, 2.24) is 29.8 Å². The number of benzene rings is 1. The number of rotatable bonds is 6. The van der Waals surface area contributed by atoms with Crippen LogP contribution in [-0.4, -0.2) is 93.7 Å². The minimum Gasteiger partial charge on any atom is -0.348 e. The molecule has 2 bridgehead atoms. The number of nitrogens with one attached hydrogen (secondary N) is 1. The van der Waals surface area contributed by atoms with Gasteiger partial charge in [0.2, 0.25) is 5.91 Å². The summed E-state index contributed by atoms with van der Waals surface area (Å²) in [6.45, 7) is 4.26. The zero-order valence-corrected chi connectivity index (χ0v) is 19.5. The Kier molecular flexibility index (Phi) is 6.52. The summed E-state index contributed by atoms with van der Waals surface area (Å²) in [5.74, 6) is -0.229. The standard InChI is InChI=1S/C24H32F2N6O2/c1-16(33)30-11-8-29(9-12-30)10-13-31-18-6-7-19(31)15-17(14-18)27-23(34)22-20-4-2-3-5-21(20)32(28-22)24(25)26/h2-5,17-19,24H,6-15H2,1H3,(H,27,34)/t17?,18-,19+. The van der Waals surface area contributed by atoms with Gasteiger partial charge in [-0.25, -0.2) is 4.68 Å². The van der Waals surface area contributed by atoms with Crippen LogP contribution in [0.15, 0.2) is 24.3 Å². The first-order valence-electron chi connectivity index (χ1n) is 12.2. The molecule has 0 radical (unpaired) electrons. The van der Waals surface area contributed by atoms with Crippen molar-refractivity contribution in [3.63, 3.8) is 0 Å². The number of carbonyl (C=O) groups is 2. The first-order valence-corrected chi connectivity index (χ1v) is 12.2. The molecule has 3 aliphatic rings. The number of hydrogen-bond donors (Lipinski definition) is 1. The third kappa shape index (κ3) is 4.53. The van der Waals surface area contributed by atoms with Crippen LogP contribution in [0.25, 0.3) is 10.9 Å². The van der Waals surface area contributed by atoms with Gasteiger partial charge >= 0.3 is 6.55 Å². The highest BCUT2D eigenvalue weighted by Crippen LogP contribution is 2.36. The molecule has 8 nitrogen and oxygen atoms in total. The van der Waals surface area contributed by atoms with Gasteiger partial charge in [0.15, 0.2) is 5.69 Å². The number of fused-ring (bicyclic) bond motifs is 3. The number of piperidine rings is 1. The van der Waals surface area contributed by atoms with Gasteiger partial charge in [-0.1, -0.05) is 18.2 Å². The van der Waals surface area contributed by atoms with Crippen LogP contribution in [-0.2, 0) is 4.79 Å². The summed E-state index contributed by atoms with van der Waals surface area (Å²) >= 11 is 0. The lowest BCUT2D eigenvalue weighted by atomic mass is 9.97. The van der Waals surface area contributed by atoms with E-state index in [1.54, 1.807) is 31.2 Å². The highest BCUT2D eigenvalue weighted by atomic mass is 19.3. The van der Waals surface area contributed by atoms with Crippen LogP contribution in [0.5, 0.6) is 0 Å². The molecular formula is C24H32F2N6O2. The molecule has 1 aromatic carbocycles. The first-order chi connectivity index (χ1) is 16.4. The molecule has 1 N–H and O–H groups in total. The zero-order chi connectivity index (χ0) is 23.8. The number of piperazine rings is 1. The molecule has 1 aromatic heterocycles. The summed E-state index contributed by atoms with van der Waals surface area (Å²) in [7, 11) is 0. The average molecular weight is 475 g/mol. The second-order valence-electron chi connectivity index (χ2n) is 9.70. The van der Waals surface area contributed by atoms with Gasteiger partial charge in [-0.05, 0) is 31.7 Å². The van der Waals surface area contributed by atoms with E-state index in [2.05, 4.69) is 20.2 Å². The van der Waals surface area contributed by atoms with Crippen molar-refractivity contribution in [3.8, 4) is 0 Å². The fraction of sp³-hybridized carbons (Fsp3) is 0.625. The smallest absolute Gasteiger partial charge is 0.333 e. The molecule has 0 spiro atoms. The fourth-order valence-electron chi connectivity index (χ4n) is 5.96. The molecule has 4 heterocycles. The van der Waals surface area contributed by atoms with E-state index in [4.69, 9.17) is 0 Å².